The van der Waals surface area contributed by atoms with E-state index in [4.69, 9.17) is 62.8 Å². The molecule has 0 spiro atoms. The Morgan fingerprint density at radius 1 is 0.356 bits per heavy atom. The number of rotatable bonds is 0. The average molecular weight is 636 g/mol. The van der Waals surface area contributed by atoms with Gasteiger partial charge in [0.2, 0.25) is 0 Å². The Morgan fingerprint density at radius 3 is 1.11 bits per heavy atom. The zero-order chi connectivity index (χ0) is 29.7. The van der Waals surface area contributed by atoms with Gasteiger partial charge in [0.1, 0.15) is 0 Å². The van der Waals surface area contributed by atoms with E-state index in [2.05, 4.69) is 0 Å². The zero-order valence-corrected chi connectivity index (χ0v) is 24.1. The van der Waals surface area contributed by atoms with Crippen molar-refractivity contribution < 1.29 is 17.1 Å². The van der Waals surface area contributed by atoms with E-state index in [0.29, 0.717) is 68.6 Å². The largest absolute Gasteiger partial charge is 2.00 e. The van der Waals surface area contributed by atoms with Gasteiger partial charge in [-0.3, -0.25) is 0 Å². The smallest absolute Gasteiger partial charge is 0.399 e. The minimum Gasteiger partial charge on any atom is -0.399 e. The molecule has 12 nitrogen and oxygen atoms in total. The number of nitrogens with two attached hydrogens (primary N) is 4. The second-order valence-corrected chi connectivity index (χ2v) is 10.7. The Balaban J connectivity index is 0.00000300. The Bertz CT molecular complexity index is 2390. The predicted molar refractivity (Wildman–Crippen MR) is 172 cm³/mol. The summed E-state index contributed by atoms with van der Waals surface area (Å²) < 4.78 is 0. The summed E-state index contributed by atoms with van der Waals surface area (Å²) in [7, 11) is 0. The summed E-state index contributed by atoms with van der Waals surface area (Å²) in [5.74, 6) is 1.68. The van der Waals surface area contributed by atoms with Gasteiger partial charge in [0.05, 0.1) is 23.3 Å². The molecule has 3 aromatic heterocycles. The standard InChI is InChI=1S/C32H20N12.Cu/c33-13-1-5-17-21(9-13)29-37-25(17)41-30-22-10-14(34)2-6-18(22)27(38-30)43-32-24-12-16(36)4-8-20(24)28(40-32)44-31-23-11-15(35)3-7-19(23)26(39-31)42-29;/h1-12H,33-36H2;/q-2;+2. The van der Waals surface area contributed by atoms with E-state index in [1.54, 1.807) is 24.3 Å². The maximum absolute atomic E-state index is 6.19. The number of hydrogen-bond acceptors (Lipinski definition) is 10. The minimum absolute atomic E-state index is 0. The van der Waals surface area contributed by atoms with Crippen molar-refractivity contribution in [2.24, 2.45) is 0 Å². The first-order valence-electron chi connectivity index (χ1n) is 13.7. The predicted octanol–water partition coefficient (Wildman–Crippen LogP) is 4.45. The average Bonchev–Trinajstić information content (AvgIpc) is 3.71. The number of nitrogen functional groups attached to an aromatic ring is 4. The summed E-state index contributed by atoms with van der Waals surface area (Å²) in [4.78, 5) is 39.0. The molecule has 2 aliphatic heterocycles. The number of benzene rings is 4. The summed E-state index contributed by atoms with van der Waals surface area (Å²) in [6, 6.07) is 22.0. The van der Waals surface area contributed by atoms with E-state index in [1.165, 1.54) is 0 Å². The van der Waals surface area contributed by atoms with Crippen LogP contribution in [0.1, 0.15) is 0 Å². The molecule has 4 aromatic carbocycles. The van der Waals surface area contributed by atoms with Crippen molar-refractivity contribution in [1.82, 2.24) is 39.9 Å². The van der Waals surface area contributed by atoms with E-state index in [1.807, 2.05) is 48.5 Å². The molecule has 8 bridgehead atoms. The topological polar surface area (TPSA) is 210 Å². The van der Waals surface area contributed by atoms with Crippen molar-refractivity contribution in [2.75, 3.05) is 22.9 Å². The maximum Gasteiger partial charge on any atom is 2.00 e. The Kier molecular flexibility index (Phi) is 5.60. The molecule has 0 saturated heterocycles. The van der Waals surface area contributed by atoms with Gasteiger partial charge in [-0.2, -0.15) is 0 Å². The number of fused-ring (bicyclic) bond motifs is 20. The van der Waals surface area contributed by atoms with Crippen molar-refractivity contribution >= 4 is 66.9 Å². The monoisotopic (exact) mass is 635 g/mol. The molecule has 0 aliphatic carbocycles. The summed E-state index contributed by atoms with van der Waals surface area (Å²) in [6.45, 7) is 0. The fourth-order valence-electron chi connectivity index (χ4n) is 5.73. The molecular formula is C32H20CuN12. The van der Waals surface area contributed by atoms with Crippen LogP contribution in [0.4, 0.5) is 22.7 Å². The third-order valence-corrected chi connectivity index (χ3v) is 7.80. The molecule has 1 radical (unpaired) electrons. The van der Waals surface area contributed by atoms with Crippen molar-refractivity contribution in [3.8, 4) is 45.6 Å². The molecule has 45 heavy (non-hydrogen) atoms. The summed E-state index contributed by atoms with van der Waals surface area (Å²) in [5.41, 5.74) is 31.7. The van der Waals surface area contributed by atoms with Gasteiger partial charge in [0.15, 0.2) is 0 Å². The zero-order valence-electron chi connectivity index (χ0n) is 23.1. The van der Waals surface area contributed by atoms with E-state index >= 15 is 0 Å². The van der Waals surface area contributed by atoms with Crippen LogP contribution in [0.5, 0.6) is 0 Å². The Morgan fingerprint density at radius 2 is 0.689 bits per heavy atom. The van der Waals surface area contributed by atoms with Crippen LogP contribution in [0.2, 0.25) is 0 Å². The maximum atomic E-state index is 6.19. The van der Waals surface area contributed by atoms with Gasteiger partial charge < -0.3 is 52.8 Å². The molecular weight excluding hydrogens is 616 g/mol. The number of anilines is 4. The van der Waals surface area contributed by atoms with E-state index in [9.17, 15) is 0 Å². The van der Waals surface area contributed by atoms with Crippen LogP contribution in [-0.4, -0.2) is 29.9 Å². The van der Waals surface area contributed by atoms with Crippen molar-refractivity contribution in [1.29, 1.82) is 0 Å². The van der Waals surface area contributed by atoms with Crippen LogP contribution >= 0.6 is 0 Å². The number of aromatic nitrogens is 8. The quantitative estimate of drug-likeness (QED) is 0.134. The molecule has 0 unspecified atom stereocenters. The van der Waals surface area contributed by atoms with Crippen molar-refractivity contribution in [3.63, 3.8) is 0 Å². The first-order chi connectivity index (χ1) is 21.4. The third-order valence-electron chi connectivity index (χ3n) is 7.80. The van der Waals surface area contributed by atoms with Crippen LogP contribution in [0, 0.1) is 0 Å². The van der Waals surface area contributed by atoms with Crippen LogP contribution in [0.3, 0.4) is 0 Å². The van der Waals surface area contributed by atoms with Gasteiger partial charge in [0.25, 0.3) is 0 Å². The van der Waals surface area contributed by atoms with Crippen LogP contribution in [0.25, 0.3) is 89.7 Å². The van der Waals surface area contributed by atoms with Crippen LogP contribution in [0.15, 0.2) is 72.8 Å². The molecule has 2 aliphatic rings. The Hall–Kier alpha value is -6.04. The summed E-state index contributed by atoms with van der Waals surface area (Å²) >= 11 is 0. The number of hydrogen-bond donors (Lipinski definition) is 4. The summed E-state index contributed by atoms with van der Waals surface area (Å²) in [5, 5.41) is 2.97. The first kappa shape index (κ1) is 26.6. The first-order valence-corrected chi connectivity index (χ1v) is 13.7. The van der Waals surface area contributed by atoms with Gasteiger partial charge in [0, 0.05) is 67.6 Å². The van der Waals surface area contributed by atoms with E-state index < -0.39 is 0 Å². The van der Waals surface area contributed by atoms with Gasteiger partial charge in [-0.25, -0.2) is 9.97 Å². The van der Waals surface area contributed by atoms with Gasteiger partial charge in [-0.05, 0) is 82.2 Å². The SMILES string of the molecule is Nc1ccc2c(c1)-c1nc-2nc2[n-]c(nc3nc(nc4[n-]c(n1)c1ccc(N)cc41)-c1ccc(N)cc1-3)c1ccc(N)cc21.[Cu+2]. The summed E-state index contributed by atoms with van der Waals surface area (Å²) in [6.07, 6.45) is 0. The van der Waals surface area contributed by atoms with Crippen molar-refractivity contribution in [3.05, 3.63) is 72.8 Å². The molecule has 9 rings (SSSR count). The molecule has 0 atom stereocenters. The van der Waals surface area contributed by atoms with E-state index in [0.717, 1.165) is 43.8 Å². The van der Waals surface area contributed by atoms with E-state index in [-0.39, 0.29) is 17.1 Å². The molecule has 7 aromatic rings. The fraction of sp³-hybridized carbons (Fsp3) is 0. The van der Waals surface area contributed by atoms with Gasteiger partial charge in [-0.15, -0.1) is 0 Å². The van der Waals surface area contributed by atoms with Crippen LogP contribution in [-0.2, 0) is 17.1 Å². The second-order valence-electron chi connectivity index (χ2n) is 10.7. The normalized spacial score (nSPS) is 11.7. The molecule has 13 heteroatoms. The minimum atomic E-state index is 0. The van der Waals surface area contributed by atoms with Crippen LogP contribution < -0.4 is 32.9 Å². The van der Waals surface area contributed by atoms with Crippen molar-refractivity contribution in [2.45, 2.75) is 0 Å². The number of nitrogens with zero attached hydrogens (tertiary/aromatic N) is 8. The molecule has 5 heterocycles. The van der Waals surface area contributed by atoms with Gasteiger partial charge >= 0.3 is 17.1 Å². The molecule has 0 fully saturated rings. The Labute approximate surface area is 264 Å². The van der Waals surface area contributed by atoms with Gasteiger partial charge in [-0.1, -0.05) is 12.1 Å². The molecule has 0 amide bonds. The second kappa shape index (κ2) is 9.48. The molecule has 219 valence electrons. The fourth-order valence-corrected chi connectivity index (χ4v) is 5.73. The molecule has 8 N–H and O–H groups in total. The molecule has 0 saturated carbocycles. The third kappa shape index (κ3) is 4.06.